The van der Waals surface area contributed by atoms with E-state index in [-0.39, 0.29) is 0 Å². The Hall–Kier alpha value is -1.19. The number of benzene rings is 1. The van der Waals surface area contributed by atoms with Crippen LogP contribution in [-0.2, 0) is 17.4 Å². The van der Waals surface area contributed by atoms with Crippen molar-refractivity contribution >= 4 is 23.8 Å². The maximum atomic E-state index is 10.4. The molecule has 0 unspecified atom stereocenters. The molecule has 2 fully saturated rings. The molecule has 0 radical (unpaired) electrons. The predicted molar refractivity (Wildman–Crippen MR) is 108 cm³/mol. The first-order valence-corrected chi connectivity index (χ1v) is 10.3. The van der Waals surface area contributed by atoms with Crippen LogP contribution in [0.5, 0.6) is 0 Å². The summed E-state index contributed by atoms with van der Waals surface area (Å²) in [7, 11) is 0. The van der Waals surface area contributed by atoms with E-state index in [0.717, 1.165) is 23.9 Å². The highest BCUT2D eigenvalue weighted by atomic mass is 32.1. The predicted octanol–water partition coefficient (Wildman–Crippen LogP) is 4.38. The number of quaternary nitrogens is 1. The molecule has 2 N–H and O–H groups in total. The van der Waals surface area contributed by atoms with Gasteiger partial charge in [0.25, 0.3) is 0 Å². The number of nitrogens with two attached hydrogens (primary N) is 1. The van der Waals surface area contributed by atoms with Gasteiger partial charge in [0, 0.05) is 0 Å². The fraction of sp³-hybridized carbons (Fsp3) is 0.591. The van der Waals surface area contributed by atoms with Crippen molar-refractivity contribution in [3.05, 3.63) is 41.5 Å². The van der Waals surface area contributed by atoms with Gasteiger partial charge >= 0.3 is 0 Å². The Kier molecular flexibility index (Phi) is 9.20. The Balaban J connectivity index is 0.000000181. The average Bonchev–Trinajstić information content (AvgIpc) is 2.69. The van der Waals surface area contributed by atoms with Crippen molar-refractivity contribution in [2.45, 2.75) is 83.2 Å². The molecule has 3 heteroatoms. The van der Waals surface area contributed by atoms with E-state index in [2.05, 4.69) is 5.32 Å². The summed E-state index contributed by atoms with van der Waals surface area (Å²) in [5.74, 6) is 0. The molecule has 2 nitrogen and oxygen atoms in total. The van der Waals surface area contributed by atoms with Crippen molar-refractivity contribution in [3.63, 3.8) is 0 Å². The quantitative estimate of drug-likeness (QED) is 0.492. The maximum Gasteiger partial charge on any atom is 0.144 e. The first-order valence-electron chi connectivity index (χ1n) is 9.94. The second-order valence-electron chi connectivity index (χ2n) is 7.48. The lowest BCUT2D eigenvalue weighted by atomic mass is 9.91. The molecule has 0 aliphatic heterocycles. The smallest absolute Gasteiger partial charge is 0.144 e. The number of hydrogen-bond donors (Lipinski definition) is 1. The Morgan fingerprint density at radius 1 is 0.920 bits per heavy atom. The largest absolute Gasteiger partial charge is 0.779 e. The number of hydrogen-bond acceptors (Lipinski definition) is 2. The normalized spacial score (nSPS) is 20.2. The lowest BCUT2D eigenvalue weighted by Crippen LogP contribution is -2.95. The van der Waals surface area contributed by atoms with Gasteiger partial charge in [-0.25, -0.2) is 0 Å². The minimum Gasteiger partial charge on any atom is -0.779 e. The van der Waals surface area contributed by atoms with E-state index in [4.69, 9.17) is 12.6 Å². The van der Waals surface area contributed by atoms with E-state index < -0.39 is 0 Å². The molecular formula is C22H33NOS. The molecule has 1 aromatic rings. The van der Waals surface area contributed by atoms with Gasteiger partial charge in [-0.05, 0) is 69.4 Å². The summed E-state index contributed by atoms with van der Waals surface area (Å²) < 4.78 is 0. The van der Waals surface area contributed by atoms with Crippen LogP contribution in [0.25, 0.3) is 4.91 Å². The first-order chi connectivity index (χ1) is 12.2. The van der Waals surface area contributed by atoms with Gasteiger partial charge < -0.3 is 17.9 Å². The highest BCUT2D eigenvalue weighted by Gasteiger charge is 2.22. The van der Waals surface area contributed by atoms with E-state index in [1.807, 2.05) is 30.3 Å². The van der Waals surface area contributed by atoms with E-state index >= 15 is 0 Å². The van der Waals surface area contributed by atoms with Crippen molar-refractivity contribution in [1.29, 1.82) is 0 Å². The number of carbonyl (C=O) groups is 1. The molecular weight excluding hydrogens is 326 g/mol. The van der Waals surface area contributed by atoms with Crippen molar-refractivity contribution in [1.82, 2.24) is 0 Å². The Morgan fingerprint density at radius 2 is 1.40 bits per heavy atom. The minimum atomic E-state index is 0.608. The number of carbonyl (C=O) groups excluding carboxylic acids is 1. The van der Waals surface area contributed by atoms with Gasteiger partial charge in [0.05, 0.1) is 12.1 Å². The van der Waals surface area contributed by atoms with Gasteiger partial charge in [0.15, 0.2) is 0 Å². The topological polar surface area (TPSA) is 33.7 Å². The summed E-state index contributed by atoms with van der Waals surface area (Å²) in [4.78, 5) is 11.0. The van der Waals surface area contributed by atoms with E-state index in [9.17, 15) is 4.79 Å². The van der Waals surface area contributed by atoms with Gasteiger partial charge in [0.2, 0.25) is 0 Å². The molecule has 0 atom stereocenters. The zero-order valence-corrected chi connectivity index (χ0v) is 16.4. The molecule has 0 saturated heterocycles. The van der Waals surface area contributed by atoms with E-state index in [1.54, 1.807) is 6.92 Å². The summed E-state index contributed by atoms with van der Waals surface area (Å²) in [5, 5.41) is 2.72. The fourth-order valence-corrected chi connectivity index (χ4v) is 4.09. The highest BCUT2D eigenvalue weighted by Crippen LogP contribution is 2.18. The third-order valence-electron chi connectivity index (χ3n) is 5.41. The molecule has 0 amide bonds. The zero-order valence-electron chi connectivity index (χ0n) is 15.6. The van der Waals surface area contributed by atoms with E-state index in [0.29, 0.717) is 10.5 Å². The van der Waals surface area contributed by atoms with Crippen molar-refractivity contribution in [3.8, 4) is 0 Å². The fourth-order valence-electron chi connectivity index (χ4n) is 3.91. The molecule has 3 rings (SSSR count). The van der Waals surface area contributed by atoms with Crippen LogP contribution >= 0.6 is 0 Å². The van der Waals surface area contributed by atoms with Crippen LogP contribution in [0.2, 0.25) is 0 Å². The molecule has 25 heavy (non-hydrogen) atoms. The van der Waals surface area contributed by atoms with Crippen molar-refractivity contribution in [2.24, 2.45) is 0 Å². The van der Waals surface area contributed by atoms with Crippen LogP contribution < -0.4 is 5.32 Å². The number of aldehydes is 1. The van der Waals surface area contributed by atoms with Crippen LogP contribution in [0, 0.1) is 0 Å². The number of rotatable bonds is 4. The summed E-state index contributed by atoms with van der Waals surface area (Å²) in [5.41, 5.74) is 1.54. The Morgan fingerprint density at radius 3 is 1.84 bits per heavy atom. The molecule has 2 aliphatic carbocycles. The van der Waals surface area contributed by atoms with Gasteiger partial charge in [-0.3, -0.25) is 4.79 Å². The summed E-state index contributed by atoms with van der Waals surface area (Å²) >= 11 is 5.07. The SMILES string of the molecule is C/C(C=O)=C(/[S-])c1ccccc1.C1CCC([NH2+]C2CCCCC2)CC1. The lowest BCUT2D eigenvalue weighted by Gasteiger charge is -2.27. The Bertz CT molecular complexity index is 512. The molecule has 138 valence electrons. The van der Waals surface area contributed by atoms with Gasteiger partial charge in [-0.1, -0.05) is 43.2 Å². The van der Waals surface area contributed by atoms with E-state index in [1.165, 1.54) is 64.2 Å². The second-order valence-corrected chi connectivity index (χ2v) is 7.89. The van der Waals surface area contributed by atoms with Crippen LogP contribution in [-0.4, -0.2) is 18.4 Å². The van der Waals surface area contributed by atoms with Crippen molar-refractivity contribution < 1.29 is 10.1 Å². The second kappa shape index (κ2) is 11.4. The Labute approximate surface area is 158 Å². The molecule has 0 heterocycles. The maximum absolute atomic E-state index is 10.4. The standard InChI is InChI=1S/C12H23N.C10H10OS/c1-3-7-11(8-4-1)13-12-9-5-2-6-10-12;1-8(7-11)10(12)9-5-3-2-4-6-9/h11-13H,1-10H2;2-7,12H,1H3/b;10-8-. The molecule has 0 aromatic heterocycles. The third kappa shape index (κ3) is 7.29. The van der Waals surface area contributed by atoms with Gasteiger partial charge in [-0.2, -0.15) is 4.91 Å². The summed E-state index contributed by atoms with van der Waals surface area (Å²) in [6, 6.07) is 11.5. The molecule has 2 saturated carbocycles. The van der Waals surface area contributed by atoms with Crippen LogP contribution in [0.1, 0.15) is 76.7 Å². The third-order valence-corrected chi connectivity index (χ3v) is 5.97. The first kappa shape index (κ1) is 20.1. The van der Waals surface area contributed by atoms with Crippen LogP contribution in [0.4, 0.5) is 0 Å². The van der Waals surface area contributed by atoms with Gasteiger partial charge in [0.1, 0.15) is 6.29 Å². The summed E-state index contributed by atoms with van der Waals surface area (Å²) in [6.45, 7) is 1.72. The molecule has 0 spiro atoms. The highest BCUT2D eigenvalue weighted by molar-refractivity contribution is 7.70. The average molecular weight is 360 g/mol. The van der Waals surface area contributed by atoms with Gasteiger partial charge in [-0.15, -0.1) is 0 Å². The monoisotopic (exact) mass is 359 g/mol. The van der Waals surface area contributed by atoms with Crippen molar-refractivity contribution in [2.75, 3.05) is 0 Å². The van der Waals surface area contributed by atoms with Crippen LogP contribution in [0.3, 0.4) is 0 Å². The summed E-state index contributed by atoms with van der Waals surface area (Å²) in [6.07, 6.45) is 15.7. The molecule has 2 aliphatic rings. The van der Waals surface area contributed by atoms with Crippen LogP contribution in [0.15, 0.2) is 35.9 Å². The zero-order chi connectivity index (χ0) is 17.9. The minimum absolute atomic E-state index is 0.608. The molecule has 0 bridgehead atoms. The lowest BCUT2D eigenvalue weighted by molar-refractivity contribution is -0.725. The molecule has 1 aromatic carbocycles. The number of allylic oxidation sites excluding steroid dienone is 1.